The Kier molecular flexibility index (Phi) is 3.92. The van der Waals surface area contributed by atoms with E-state index in [1.165, 1.54) is 6.08 Å². The second kappa shape index (κ2) is 5.20. The van der Waals surface area contributed by atoms with Gasteiger partial charge in [0.15, 0.2) is 0 Å². The molecule has 3 nitrogen and oxygen atoms in total. The van der Waals surface area contributed by atoms with Crippen LogP contribution >= 0.6 is 0 Å². The lowest BCUT2D eigenvalue weighted by atomic mass is 10.2. The van der Waals surface area contributed by atoms with E-state index in [0.717, 1.165) is 17.4 Å². The van der Waals surface area contributed by atoms with Gasteiger partial charge < -0.3 is 9.84 Å². The highest BCUT2D eigenvalue weighted by molar-refractivity contribution is 5.85. The van der Waals surface area contributed by atoms with Crippen LogP contribution in [0.1, 0.15) is 19.4 Å². The fraction of sp³-hybridized carbons (Fsp3) is 0.250. The van der Waals surface area contributed by atoms with Crippen molar-refractivity contribution in [1.29, 1.82) is 0 Å². The molecule has 1 rings (SSSR count). The molecule has 0 amide bonds. The molecule has 80 valence electrons. The summed E-state index contributed by atoms with van der Waals surface area (Å²) in [6, 6.07) is 7.31. The first kappa shape index (κ1) is 11.3. The highest BCUT2D eigenvalue weighted by atomic mass is 16.5. The van der Waals surface area contributed by atoms with Crippen LogP contribution in [0.5, 0.6) is 5.75 Å². The van der Waals surface area contributed by atoms with Crippen molar-refractivity contribution >= 4 is 12.0 Å². The van der Waals surface area contributed by atoms with Crippen LogP contribution in [0.3, 0.4) is 0 Å². The number of hydrogen-bond acceptors (Lipinski definition) is 2. The molecule has 0 bridgehead atoms. The van der Waals surface area contributed by atoms with Crippen molar-refractivity contribution in [3.8, 4) is 5.75 Å². The summed E-state index contributed by atoms with van der Waals surface area (Å²) < 4.78 is 5.48. The minimum Gasteiger partial charge on any atom is -0.491 e. The van der Waals surface area contributed by atoms with Gasteiger partial charge in [0.05, 0.1) is 6.10 Å². The largest absolute Gasteiger partial charge is 0.491 e. The van der Waals surface area contributed by atoms with Crippen molar-refractivity contribution in [2.45, 2.75) is 20.0 Å². The Morgan fingerprint density at radius 3 is 2.80 bits per heavy atom. The summed E-state index contributed by atoms with van der Waals surface area (Å²) in [4.78, 5) is 10.3. The number of benzene rings is 1. The summed E-state index contributed by atoms with van der Waals surface area (Å²) in [5.74, 6) is -0.206. The van der Waals surface area contributed by atoms with Crippen LogP contribution in [0.25, 0.3) is 6.08 Å². The molecule has 3 heteroatoms. The zero-order chi connectivity index (χ0) is 11.3. The summed E-state index contributed by atoms with van der Waals surface area (Å²) in [5.41, 5.74) is 0.815. The summed E-state index contributed by atoms with van der Waals surface area (Å²) in [6.07, 6.45) is 2.76. The minimum atomic E-state index is -0.954. The summed E-state index contributed by atoms with van der Waals surface area (Å²) >= 11 is 0. The first-order valence-electron chi connectivity index (χ1n) is 4.75. The predicted molar refractivity (Wildman–Crippen MR) is 58.9 cm³/mol. The molecule has 0 radical (unpaired) electrons. The Morgan fingerprint density at radius 1 is 1.47 bits per heavy atom. The van der Waals surface area contributed by atoms with Crippen LogP contribution in [0, 0.1) is 0 Å². The Morgan fingerprint density at radius 2 is 2.20 bits per heavy atom. The van der Waals surface area contributed by atoms with Crippen LogP contribution in [0.15, 0.2) is 30.3 Å². The lowest BCUT2D eigenvalue weighted by Crippen LogP contribution is -2.05. The fourth-order valence-electron chi connectivity index (χ4n) is 1.13. The molecule has 0 atom stereocenters. The molecule has 0 aliphatic heterocycles. The molecule has 0 aliphatic carbocycles. The van der Waals surface area contributed by atoms with E-state index in [2.05, 4.69) is 0 Å². The Hall–Kier alpha value is -1.77. The standard InChI is InChI=1S/C12H14O3/c1-9(2)15-11-5-3-4-10(8-11)6-7-12(13)14/h3-9H,1-2H3,(H,13,14)/b7-6+. The van der Waals surface area contributed by atoms with Crippen LogP contribution < -0.4 is 4.74 Å². The second-order valence-corrected chi connectivity index (χ2v) is 3.41. The SMILES string of the molecule is CC(C)Oc1cccc(/C=C/C(=O)O)c1. The summed E-state index contributed by atoms with van der Waals surface area (Å²) in [7, 11) is 0. The lowest BCUT2D eigenvalue weighted by Gasteiger charge is -2.09. The lowest BCUT2D eigenvalue weighted by molar-refractivity contribution is -0.131. The van der Waals surface area contributed by atoms with Crippen molar-refractivity contribution in [3.63, 3.8) is 0 Å². The quantitative estimate of drug-likeness (QED) is 0.770. The van der Waals surface area contributed by atoms with Gasteiger partial charge in [0.25, 0.3) is 0 Å². The zero-order valence-electron chi connectivity index (χ0n) is 8.81. The number of ether oxygens (including phenoxy) is 1. The van der Waals surface area contributed by atoms with Gasteiger partial charge in [-0.15, -0.1) is 0 Å². The van der Waals surface area contributed by atoms with E-state index in [9.17, 15) is 4.79 Å². The maximum atomic E-state index is 10.3. The third-order valence-electron chi connectivity index (χ3n) is 1.65. The van der Waals surface area contributed by atoms with E-state index in [-0.39, 0.29) is 6.10 Å². The van der Waals surface area contributed by atoms with E-state index < -0.39 is 5.97 Å². The molecule has 15 heavy (non-hydrogen) atoms. The molecular formula is C12H14O3. The fourth-order valence-corrected chi connectivity index (χ4v) is 1.13. The topological polar surface area (TPSA) is 46.5 Å². The molecule has 0 heterocycles. The number of rotatable bonds is 4. The maximum Gasteiger partial charge on any atom is 0.328 e. The van der Waals surface area contributed by atoms with Gasteiger partial charge >= 0.3 is 5.97 Å². The molecule has 0 spiro atoms. The summed E-state index contributed by atoms with van der Waals surface area (Å²) in [6.45, 7) is 3.89. The maximum absolute atomic E-state index is 10.3. The highest BCUT2D eigenvalue weighted by Crippen LogP contribution is 2.15. The molecular weight excluding hydrogens is 192 g/mol. The first-order valence-corrected chi connectivity index (χ1v) is 4.75. The highest BCUT2D eigenvalue weighted by Gasteiger charge is 1.97. The minimum absolute atomic E-state index is 0.115. The van der Waals surface area contributed by atoms with Crippen LogP contribution in [0.4, 0.5) is 0 Å². The Bertz CT molecular complexity index is 367. The van der Waals surface area contributed by atoms with Gasteiger partial charge in [-0.25, -0.2) is 4.79 Å². The second-order valence-electron chi connectivity index (χ2n) is 3.41. The molecule has 0 unspecified atom stereocenters. The van der Waals surface area contributed by atoms with Gasteiger partial charge in [-0.3, -0.25) is 0 Å². The zero-order valence-corrected chi connectivity index (χ0v) is 8.81. The Balaban J connectivity index is 2.78. The molecule has 1 N–H and O–H groups in total. The smallest absolute Gasteiger partial charge is 0.328 e. The van der Waals surface area contributed by atoms with Crippen molar-refractivity contribution in [2.24, 2.45) is 0 Å². The van der Waals surface area contributed by atoms with E-state index >= 15 is 0 Å². The van der Waals surface area contributed by atoms with Gasteiger partial charge in [0.2, 0.25) is 0 Å². The van der Waals surface area contributed by atoms with E-state index in [1.54, 1.807) is 6.07 Å². The van der Waals surface area contributed by atoms with Gasteiger partial charge in [-0.1, -0.05) is 12.1 Å². The van der Waals surface area contributed by atoms with Crippen molar-refractivity contribution < 1.29 is 14.6 Å². The van der Waals surface area contributed by atoms with Crippen LogP contribution in [-0.4, -0.2) is 17.2 Å². The average molecular weight is 206 g/mol. The third kappa shape index (κ3) is 4.31. The number of carbonyl (C=O) groups is 1. The van der Waals surface area contributed by atoms with Crippen LogP contribution in [0.2, 0.25) is 0 Å². The number of aliphatic carboxylic acids is 1. The summed E-state index contributed by atoms with van der Waals surface area (Å²) in [5, 5.41) is 8.47. The van der Waals surface area contributed by atoms with Crippen molar-refractivity contribution in [3.05, 3.63) is 35.9 Å². The molecule has 1 aromatic carbocycles. The molecule has 1 aromatic rings. The van der Waals surface area contributed by atoms with E-state index in [0.29, 0.717) is 0 Å². The molecule has 0 fully saturated rings. The molecule has 0 saturated carbocycles. The molecule has 0 aliphatic rings. The van der Waals surface area contributed by atoms with Gasteiger partial charge in [0.1, 0.15) is 5.75 Å². The first-order chi connectivity index (χ1) is 7.08. The Labute approximate surface area is 89.0 Å². The monoisotopic (exact) mass is 206 g/mol. The van der Waals surface area contributed by atoms with Crippen molar-refractivity contribution in [1.82, 2.24) is 0 Å². The van der Waals surface area contributed by atoms with E-state index in [4.69, 9.17) is 9.84 Å². The normalized spacial score (nSPS) is 10.9. The third-order valence-corrected chi connectivity index (χ3v) is 1.65. The molecule has 0 aromatic heterocycles. The van der Waals surface area contributed by atoms with Crippen molar-refractivity contribution in [2.75, 3.05) is 0 Å². The van der Waals surface area contributed by atoms with Gasteiger partial charge in [-0.05, 0) is 37.6 Å². The van der Waals surface area contributed by atoms with Crippen LogP contribution in [-0.2, 0) is 4.79 Å². The van der Waals surface area contributed by atoms with Gasteiger partial charge in [-0.2, -0.15) is 0 Å². The number of carboxylic acid groups (broad SMARTS) is 1. The predicted octanol–water partition coefficient (Wildman–Crippen LogP) is 2.57. The van der Waals surface area contributed by atoms with E-state index in [1.807, 2.05) is 32.0 Å². The van der Waals surface area contributed by atoms with Gasteiger partial charge in [0, 0.05) is 6.08 Å². The number of hydrogen-bond donors (Lipinski definition) is 1. The molecule has 0 saturated heterocycles. The average Bonchev–Trinajstić information content (AvgIpc) is 2.14. The number of carboxylic acids is 1.